The Labute approximate surface area is 120 Å². The second kappa shape index (κ2) is 7.83. The lowest BCUT2D eigenvalue weighted by Crippen LogP contribution is -2.33. The van der Waals surface area contributed by atoms with Crippen molar-refractivity contribution in [2.75, 3.05) is 18.4 Å². The van der Waals surface area contributed by atoms with E-state index in [0.717, 1.165) is 12.1 Å². The number of hydrogen-bond acceptors (Lipinski definition) is 3. The molecular weight excluding hydrogens is 281 g/mol. The molecule has 3 amide bonds. The summed E-state index contributed by atoms with van der Waals surface area (Å²) in [5, 5.41) is 15.9. The number of carbonyl (C=O) groups is 3. The van der Waals surface area contributed by atoms with Crippen molar-refractivity contribution in [2.24, 2.45) is 0 Å². The minimum atomic E-state index is -1.26. The van der Waals surface area contributed by atoms with Gasteiger partial charge in [-0.05, 0) is 25.1 Å². The summed E-state index contributed by atoms with van der Waals surface area (Å²) in [6, 6.07) is 2.46. The number of aromatic carboxylic acids is 1. The molecule has 1 aromatic carbocycles. The zero-order chi connectivity index (χ0) is 15.8. The van der Waals surface area contributed by atoms with Crippen LogP contribution >= 0.6 is 0 Å². The van der Waals surface area contributed by atoms with Gasteiger partial charge in [0.05, 0.1) is 11.3 Å². The zero-order valence-corrected chi connectivity index (χ0v) is 11.4. The number of nitrogens with one attached hydrogen (secondary N) is 3. The maximum Gasteiger partial charge on any atom is 0.335 e. The molecule has 0 spiro atoms. The first-order chi connectivity index (χ1) is 9.93. The van der Waals surface area contributed by atoms with Crippen molar-refractivity contribution in [1.82, 2.24) is 10.6 Å². The summed E-state index contributed by atoms with van der Waals surface area (Å²) >= 11 is 0. The number of amides is 3. The predicted molar refractivity (Wildman–Crippen MR) is 73.7 cm³/mol. The van der Waals surface area contributed by atoms with Crippen molar-refractivity contribution in [2.45, 2.75) is 13.3 Å². The Morgan fingerprint density at radius 2 is 1.95 bits per heavy atom. The van der Waals surface area contributed by atoms with Gasteiger partial charge < -0.3 is 21.1 Å². The minimum Gasteiger partial charge on any atom is -0.478 e. The molecule has 0 aromatic heterocycles. The van der Waals surface area contributed by atoms with Gasteiger partial charge >= 0.3 is 12.0 Å². The van der Waals surface area contributed by atoms with E-state index in [0.29, 0.717) is 6.54 Å². The fraction of sp³-hybridized carbons (Fsp3) is 0.308. The summed E-state index contributed by atoms with van der Waals surface area (Å²) in [6.45, 7) is 2.39. The molecule has 0 aliphatic heterocycles. The van der Waals surface area contributed by atoms with Crippen LogP contribution in [0.25, 0.3) is 0 Å². The van der Waals surface area contributed by atoms with E-state index in [2.05, 4.69) is 16.0 Å². The first-order valence-corrected chi connectivity index (χ1v) is 6.28. The van der Waals surface area contributed by atoms with E-state index in [9.17, 15) is 18.8 Å². The highest BCUT2D eigenvalue weighted by Gasteiger charge is 2.10. The Balaban J connectivity index is 2.48. The summed E-state index contributed by atoms with van der Waals surface area (Å²) in [5.74, 6) is -2.31. The summed E-state index contributed by atoms with van der Waals surface area (Å²) in [5.41, 5.74) is -0.356. The van der Waals surface area contributed by atoms with Crippen LogP contribution in [0, 0.1) is 5.82 Å². The fourth-order valence-corrected chi connectivity index (χ4v) is 1.49. The average Bonchev–Trinajstić information content (AvgIpc) is 2.41. The molecule has 0 saturated heterocycles. The van der Waals surface area contributed by atoms with Gasteiger partial charge in [-0.25, -0.2) is 14.0 Å². The van der Waals surface area contributed by atoms with E-state index in [4.69, 9.17) is 5.11 Å². The molecule has 0 aliphatic rings. The Kier molecular flexibility index (Phi) is 6.12. The fourth-order valence-electron chi connectivity index (χ4n) is 1.49. The van der Waals surface area contributed by atoms with Gasteiger partial charge in [-0.1, -0.05) is 0 Å². The van der Waals surface area contributed by atoms with Crippen LogP contribution in [0.2, 0.25) is 0 Å². The summed E-state index contributed by atoms with van der Waals surface area (Å²) in [6.07, 6.45) is 0.113. The van der Waals surface area contributed by atoms with Gasteiger partial charge in [-0.2, -0.15) is 0 Å². The Morgan fingerprint density at radius 3 is 2.52 bits per heavy atom. The van der Waals surface area contributed by atoms with E-state index >= 15 is 0 Å². The van der Waals surface area contributed by atoms with Crippen molar-refractivity contribution >= 4 is 23.6 Å². The van der Waals surface area contributed by atoms with Gasteiger partial charge in [0, 0.05) is 19.5 Å². The molecule has 0 heterocycles. The molecule has 4 N–H and O–H groups in total. The first kappa shape index (κ1) is 16.4. The lowest BCUT2D eigenvalue weighted by atomic mass is 10.2. The summed E-state index contributed by atoms with van der Waals surface area (Å²) in [4.78, 5) is 33.3. The number of rotatable bonds is 6. The second-order valence-electron chi connectivity index (χ2n) is 4.08. The highest BCUT2D eigenvalue weighted by Crippen LogP contribution is 2.15. The van der Waals surface area contributed by atoms with Crippen LogP contribution in [0.4, 0.5) is 14.9 Å². The molecule has 0 radical (unpaired) electrons. The van der Waals surface area contributed by atoms with Crippen molar-refractivity contribution < 1.29 is 23.9 Å². The quantitative estimate of drug-likeness (QED) is 0.632. The molecule has 0 bridgehead atoms. The van der Waals surface area contributed by atoms with Crippen LogP contribution in [0.3, 0.4) is 0 Å². The maximum absolute atomic E-state index is 13.6. The lowest BCUT2D eigenvalue weighted by molar-refractivity contribution is -0.120. The molecule has 0 fully saturated rings. The van der Waals surface area contributed by atoms with Gasteiger partial charge in [-0.15, -0.1) is 0 Å². The second-order valence-corrected chi connectivity index (χ2v) is 4.08. The van der Waals surface area contributed by atoms with Gasteiger partial charge in [0.15, 0.2) is 0 Å². The van der Waals surface area contributed by atoms with Crippen molar-refractivity contribution in [3.63, 3.8) is 0 Å². The number of carboxylic acids is 1. The number of urea groups is 1. The number of halogens is 1. The van der Waals surface area contributed by atoms with Crippen LogP contribution < -0.4 is 16.0 Å². The topological polar surface area (TPSA) is 108 Å². The monoisotopic (exact) mass is 297 g/mol. The number of carbonyl (C=O) groups excluding carboxylic acids is 2. The highest BCUT2D eigenvalue weighted by molar-refractivity contribution is 5.92. The molecular formula is C13H16FN3O4. The predicted octanol–water partition coefficient (Wildman–Crippen LogP) is 1.17. The number of carboxylic acid groups (broad SMARTS) is 1. The number of benzene rings is 1. The van der Waals surface area contributed by atoms with Crippen LogP contribution in [0.15, 0.2) is 18.2 Å². The Hall–Kier alpha value is -2.64. The molecule has 0 atom stereocenters. The van der Waals surface area contributed by atoms with Crippen LogP contribution in [-0.4, -0.2) is 36.1 Å². The van der Waals surface area contributed by atoms with E-state index in [1.54, 1.807) is 6.92 Å². The third-order valence-electron chi connectivity index (χ3n) is 2.48. The van der Waals surface area contributed by atoms with Gasteiger partial charge in [0.2, 0.25) is 5.91 Å². The molecule has 0 aliphatic carbocycles. The standard InChI is InChI=1S/C13H16FN3O4/c1-2-15-11(18)5-6-16-13(21)17-10-4-3-8(12(19)20)7-9(10)14/h3-4,7H,2,5-6H2,1H3,(H,15,18)(H,19,20)(H2,16,17,21). The Morgan fingerprint density at radius 1 is 1.24 bits per heavy atom. The van der Waals surface area contributed by atoms with E-state index in [-0.39, 0.29) is 30.1 Å². The summed E-state index contributed by atoms with van der Waals surface area (Å²) < 4.78 is 13.6. The van der Waals surface area contributed by atoms with Crippen LogP contribution in [-0.2, 0) is 4.79 Å². The molecule has 114 valence electrons. The lowest BCUT2D eigenvalue weighted by Gasteiger charge is -2.08. The average molecular weight is 297 g/mol. The first-order valence-electron chi connectivity index (χ1n) is 6.28. The Bertz CT molecular complexity index is 548. The smallest absolute Gasteiger partial charge is 0.335 e. The molecule has 21 heavy (non-hydrogen) atoms. The van der Waals surface area contributed by atoms with E-state index in [1.165, 1.54) is 6.07 Å². The zero-order valence-electron chi connectivity index (χ0n) is 11.4. The van der Waals surface area contributed by atoms with Crippen molar-refractivity contribution in [1.29, 1.82) is 0 Å². The number of hydrogen-bond donors (Lipinski definition) is 4. The molecule has 0 unspecified atom stereocenters. The molecule has 1 aromatic rings. The maximum atomic E-state index is 13.6. The minimum absolute atomic E-state index is 0.104. The van der Waals surface area contributed by atoms with Crippen LogP contribution in [0.1, 0.15) is 23.7 Å². The van der Waals surface area contributed by atoms with E-state index in [1.807, 2.05) is 0 Å². The molecule has 1 rings (SSSR count). The third-order valence-corrected chi connectivity index (χ3v) is 2.48. The van der Waals surface area contributed by atoms with Crippen molar-refractivity contribution in [3.05, 3.63) is 29.6 Å². The van der Waals surface area contributed by atoms with E-state index < -0.39 is 17.8 Å². The highest BCUT2D eigenvalue weighted by atomic mass is 19.1. The van der Waals surface area contributed by atoms with Gasteiger partial charge in [0.25, 0.3) is 0 Å². The van der Waals surface area contributed by atoms with Crippen LogP contribution in [0.5, 0.6) is 0 Å². The molecule has 8 heteroatoms. The third kappa shape index (κ3) is 5.47. The normalized spacial score (nSPS) is 9.81. The van der Waals surface area contributed by atoms with Gasteiger partial charge in [0.1, 0.15) is 5.82 Å². The molecule has 7 nitrogen and oxygen atoms in total. The largest absolute Gasteiger partial charge is 0.478 e. The van der Waals surface area contributed by atoms with Crippen molar-refractivity contribution in [3.8, 4) is 0 Å². The SMILES string of the molecule is CCNC(=O)CCNC(=O)Nc1ccc(C(=O)O)cc1F. The number of anilines is 1. The molecule has 0 saturated carbocycles. The van der Waals surface area contributed by atoms with Gasteiger partial charge in [-0.3, -0.25) is 4.79 Å². The summed E-state index contributed by atoms with van der Waals surface area (Å²) in [7, 11) is 0.